The number of fused-ring (bicyclic) bond motifs is 1. The molecule has 0 spiro atoms. The zero-order valence-electron chi connectivity index (χ0n) is 13.9. The maximum atomic E-state index is 11.7. The van der Waals surface area contributed by atoms with Gasteiger partial charge in [-0.1, -0.05) is 0 Å². The van der Waals surface area contributed by atoms with E-state index < -0.39 is 0 Å². The van der Waals surface area contributed by atoms with Crippen molar-refractivity contribution in [2.24, 2.45) is 5.73 Å². The number of nitrogens with two attached hydrogens (primary N) is 1. The van der Waals surface area contributed by atoms with Crippen molar-refractivity contribution in [1.29, 1.82) is 0 Å². The first-order valence-electron chi connectivity index (χ1n) is 7.90. The third kappa shape index (κ3) is 4.05. The minimum Gasteiger partial charge on any atom is -0.462 e. The van der Waals surface area contributed by atoms with Crippen molar-refractivity contribution in [1.82, 2.24) is 14.8 Å². The molecule has 1 saturated heterocycles. The lowest BCUT2D eigenvalue weighted by Crippen LogP contribution is -2.18. The van der Waals surface area contributed by atoms with Gasteiger partial charge < -0.3 is 15.2 Å². The van der Waals surface area contributed by atoms with Crippen molar-refractivity contribution in [2.45, 2.75) is 39.8 Å². The lowest BCUT2D eigenvalue weighted by Gasteiger charge is -2.06. The maximum Gasteiger partial charge on any atom is 0.339 e. The number of hydrogen-bond acceptors (Lipinski definition) is 6. The van der Waals surface area contributed by atoms with Gasteiger partial charge in [-0.05, 0) is 32.8 Å². The molecule has 7 heteroatoms. The Hall–Kier alpha value is -1.99. The second kappa shape index (κ2) is 8.03. The predicted octanol–water partition coefficient (Wildman–Crippen LogP) is 1.67. The highest BCUT2D eigenvalue weighted by Gasteiger charge is 2.15. The van der Waals surface area contributed by atoms with Gasteiger partial charge in [0.05, 0.1) is 25.0 Å². The van der Waals surface area contributed by atoms with Gasteiger partial charge in [0.15, 0.2) is 5.65 Å². The smallest absolute Gasteiger partial charge is 0.339 e. The van der Waals surface area contributed by atoms with Crippen molar-refractivity contribution >= 4 is 17.0 Å². The van der Waals surface area contributed by atoms with Crippen molar-refractivity contribution in [3.05, 3.63) is 23.5 Å². The van der Waals surface area contributed by atoms with Gasteiger partial charge in [-0.15, -0.1) is 0 Å². The molecule has 0 aliphatic carbocycles. The fourth-order valence-corrected chi connectivity index (χ4v) is 2.35. The van der Waals surface area contributed by atoms with Crippen molar-refractivity contribution in [2.75, 3.05) is 19.8 Å². The summed E-state index contributed by atoms with van der Waals surface area (Å²) in [7, 11) is 0. The molecule has 0 aromatic carbocycles. The van der Waals surface area contributed by atoms with Crippen molar-refractivity contribution in [3.8, 4) is 0 Å². The van der Waals surface area contributed by atoms with Gasteiger partial charge in [0.25, 0.3) is 0 Å². The standard InChI is InChI=1S/C12H15N3O2.C4H9NO/c1-4-15-11-9(7-14-15)8(3)10(6-13-11)12(16)17-5-2;5-4-1-2-6-3-4/h6-7H,4-5H2,1-3H3;4H,1-3,5H2/t;4-/m.0/s1. The van der Waals surface area contributed by atoms with E-state index in [0.717, 1.165) is 42.8 Å². The van der Waals surface area contributed by atoms with Crippen LogP contribution in [0.4, 0.5) is 0 Å². The van der Waals surface area contributed by atoms with Crippen LogP contribution in [0.15, 0.2) is 12.4 Å². The second-order valence-electron chi connectivity index (χ2n) is 5.34. The first-order chi connectivity index (χ1) is 11.1. The summed E-state index contributed by atoms with van der Waals surface area (Å²) in [6.45, 7) is 8.43. The molecule has 0 saturated carbocycles. The summed E-state index contributed by atoms with van der Waals surface area (Å²) in [5.74, 6) is -0.330. The molecule has 0 unspecified atom stereocenters. The van der Waals surface area contributed by atoms with Gasteiger partial charge in [0.2, 0.25) is 0 Å². The minimum atomic E-state index is -0.330. The molecule has 1 aliphatic heterocycles. The Morgan fingerprint density at radius 3 is 2.78 bits per heavy atom. The quantitative estimate of drug-likeness (QED) is 0.865. The van der Waals surface area contributed by atoms with Crippen LogP contribution < -0.4 is 5.73 Å². The monoisotopic (exact) mass is 320 g/mol. The molecular weight excluding hydrogens is 296 g/mol. The number of carbonyl (C=O) groups is 1. The summed E-state index contributed by atoms with van der Waals surface area (Å²) in [6.07, 6.45) is 4.34. The van der Waals surface area contributed by atoms with Gasteiger partial charge in [0, 0.05) is 30.8 Å². The van der Waals surface area contributed by atoms with Crippen LogP contribution >= 0.6 is 0 Å². The summed E-state index contributed by atoms with van der Waals surface area (Å²) >= 11 is 0. The number of ether oxygens (including phenoxy) is 2. The first kappa shape index (κ1) is 17.4. The average Bonchev–Trinajstić information content (AvgIpc) is 3.17. The molecular formula is C16H24N4O3. The third-order valence-corrected chi connectivity index (χ3v) is 3.70. The van der Waals surface area contributed by atoms with E-state index in [2.05, 4.69) is 10.1 Å². The number of carbonyl (C=O) groups excluding carboxylic acids is 1. The highest BCUT2D eigenvalue weighted by molar-refractivity contribution is 5.96. The lowest BCUT2D eigenvalue weighted by molar-refractivity contribution is 0.0525. The number of aromatic nitrogens is 3. The van der Waals surface area contributed by atoms with Crippen LogP contribution in [0.2, 0.25) is 0 Å². The first-order valence-corrected chi connectivity index (χ1v) is 7.90. The Bertz CT molecular complexity index is 663. The van der Waals surface area contributed by atoms with Crippen molar-refractivity contribution < 1.29 is 14.3 Å². The number of rotatable bonds is 3. The van der Waals surface area contributed by atoms with Gasteiger partial charge in [-0.3, -0.25) is 0 Å². The molecule has 23 heavy (non-hydrogen) atoms. The van der Waals surface area contributed by atoms with Gasteiger partial charge in [-0.25, -0.2) is 14.5 Å². The Morgan fingerprint density at radius 2 is 2.26 bits per heavy atom. The van der Waals surface area contributed by atoms with E-state index in [4.69, 9.17) is 15.2 Å². The van der Waals surface area contributed by atoms with E-state index in [1.165, 1.54) is 0 Å². The molecule has 1 aliphatic rings. The molecule has 1 atom stereocenters. The van der Waals surface area contributed by atoms with Gasteiger partial charge in [-0.2, -0.15) is 5.10 Å². The van der Waals surface area contributed by atoms with E-state index in [-0.39, 0.29) is 5.97 Å². The summed E-state index contributed by atoms with van der Waals surface area (Å²) in [6, 6.07) is 0.324. The molecule has 3 rings (SSSR count). The molecule has 0 amide bonds. The number of aryl methyl sites for hydroxylation is 2. The Balaban J connectivity index is 0.000000268. The molecule has 2 N–H and O–H groups in total. The molecule has 3 heterocycles. The Morgan fingerprint density at radius 1 is 1.48 bits per heavy atom. The van der Waals surface area contributed by atoms with Crippen LogP contribution in [0.25, 0.3) is 11.0 Å². The van der Waals surface area contributed by atoms with E-state index in [1.807, 2.05) is 13.8 Å². The maximum absolute atomic E-state index is 11.7. The van der Waals surface area contributed by atoms with Crippen LogP contribution in [0.3, 0.4) is 0 Å². The Kier molecular flexibility index (Phi) is 6.06. The number of nitrogens with zero attached hydrogens (tertiary/aromatic N) is 3. The minimum absolute atomic E-state index is 0.324. The summed E-state index contributed by atoms with van der Waals surface area (Å²) in [4.78, 5) is 16.0. The largest absolute Gasteiger partial charge is 0.462 e. The number of hydrogen-bond donors (Lipinski definition) is 1. The van der Waals surface area contributed by atoms with Crippen LogP contribution in [-0.2, 0) is 16.0 Å². The summed E-state index contributed by atoms with van der Waals surface area (Å²) in [5, 5.41) is 5.12. The summed E-state index contributed by atoms with van der Waals surface area (Å²) in [5.41, 5.74) is 7.59. The molecule has 126 valence electrons. The van der Waals surface area contributed by atoms with Crippen molar-refractivity contribution in [3.63, 3.8) is 0 Å². The fourth-order valence-electron chi connectivity index (χ4n) is 2.35. The fraction of sp³-hybridized carbons (Fsp3) is 0.562. The third-order valence-electron chi connectivity index (χ3n) is 3.70. The predicted molar refractivity (Wildman–Crippen MR) is 87.3 cm³/mol. The SMILES string of the molecule is CCOC(=O)c1cnc2c(cnn2CC)c1C.N[C@H]1CCOC1. The topological polar surface area (TPSA) is 92.3 Å². The van der Waals surface area contributed by atoms with Gasteiger partial charge in [0.1, 0.15) is 0 Å². The normalized spacial score (nSPS) is 17.0. The van der Waals surface area contributed by atoms with Crippen LogP contribution in [0, 0.1) is 6.92 Å². The van der Waals surface area contributed by atoms with Crippen LogP contribution in [-0.4, -0.2) is 46.6 Å². The van der Waals surface area contributed by atoms with E-state index in [9.17, 15) is 4.79 Å². The zero-order chi connectivity index (χ0) is 16.8. The van der Waals surface area contributed by atoms with Crippen LogP contribution in [0.1, 0.15) is 36.2 Å². The molecule has 1 fully saturated rings. The highest BCUT2D eigenvalue weighted by atomic mass is 16.5. The second-order valence-corrected chi connectivity index (χ2v) is 5.34. The lowest BCUT2D eigenvalue weighted by atomic mass is 10.1. The highest BCUT2D eigenvalue weighted by Crippen LogP contribution is 2.20. The van der Waals surface area contributed by atoms with E-state index >= 15 is 0 Å². The number of pyridine rings is 1. The zero-order valence-corrected chi connectivity index (χ0v) is 13.9. The summed E-state index contributed by atoms with van der Waals surface area (Å²) < 4.78 is 11.7. The van der Waals surface area contributed by atoms with Crippen LogP contribution in [0.5, 0.6) is 0 Å². The van der Waals surface area contributed by atoms with E-state index in [1.54, 1.807) is 24.0 Å². The molecule has 7 nitrogen and oxygen atoms in total. The molecule has 0 radical (unpaired) electrons. The number of esters is 1. The van der Waals surface area contributed by atoms with E-state index in [0.29, 0.717) is 18.2 Å². The van der Waals surface area contributed by atoms with Gasteiger partial charge >= 0.3 is 5.97 Å². The molecule has 2 aromatic rings. The average molecular weight is 320 g/mol. The Labute approximate surface area is 135 Å². The molecule has 2 aromatic heterocycles. The molecule has 0 bridgehead atoms.